The summed E-state index contributed by atoms with van der Waals surface area (Å²) in [7, 11) is 0. The molecule has 0 aliphatic rings. The summed E-state index contributed by atoms with van der Waals surface area (Å²) in [6.07, 6.45) is 0. The first-order valence-corrected chi connectivity index (χ1v) is 9.85. The van der Waals surface area contributed by atoms with E-state index in [1.807, 2.05) is 44.2 Å². The first kappa shape index (κ1) is 20.0. The molecule has 3 nitrogen and oxygen atoms in total. The fourth-order valence-corrected chi connectivity index (χ4v) is 3.21. The maximum Gasteiger partial charge on any atom is 0.257 e. The van der Waals surface area contributed by atoms with Crippen molar-refractivity contribution in [1.82, 2.24) is 5.32 Å². The van der Waals surface area contributed by atoms with Crippen molar-refractivity contribution in [2.45, 2.75) is 19.6 Å². The number of thioether (sulfide) groups is 1. The van der Waals surface area contributed by atoms with Crippen LogP contribution in [0.3, 0.4) is 0 Å². The number of amides is 1. The van der Waals surface area contributed by atoms with Crippen LogP contribution in [0.1, 0.15) is 16.7 Å². The van der Waals surface area contributed by atoms with Gasteiger partial charge in [-0.2, -0.15) is 11.8 Å². The van der Waals surface area contributed by atoms with Crippen molar-refractivity contribution in [3.8, 4) is 5.75 Å². The highest BCUT2D eigenvalue weighted by Gasteiger charge is 2.04. The number of hydrogen-bond donors (Lipinski definition) is 1. The van der Waals surface area contributed by atoms with Gasteiger partial charge in [-0.05, 0) is 54.8 Å². The van der Waals surface area contributed by atoms with Gasteiger partial charge in [-0.15, -0.1) is 0 Å². The monoisotopic (exact) mass is 397 g/mol. The summed E-state index contributed by atoms with van der Waals surface area (Å²) in [4.78, 5) is 11.8. The standard InChI is InChI=1S/C19H21Cl2NO2S/c1-13-3-5-16(9-14(13)2)24-11-19(23)22-7-8-25-12-15-4-6-17(20)18(21)10-15/h3-6,9-10H,7-8,11-12H2,1-2H3,(H,22,23). The number of halogens is 2. The molecule has 0 atom stereocenters. The fourth-order valence-electron chi connectivity index (χ4n) is 2.09. The molecule has 0 radical (unpaired) electrons. The molecule has 0 bridgehead atoms. The number of ether oxygens (including phenoxy) is 1. The van der Waals surface area contributed by atoms with Crippen molar-refractivity contribution < 1.29 is 9.53 Å². The zero-order chi connectivity index (χ0) is 18.2. The smallest absolute Gasteiger partial charge is 0.257 e. The molecule has 134 valence electrons. The Bertz CT molecular complexity index is 737. The van der Waals surface area contributed by atoms with Crippen molar-refractivity contribution in [3.63, 3.8) is 0 Å². The second kappa shape index (κ2) is 9.95. The van der Waals surface area contributed by atoms with E-state index in [9.17, 15) is 4.79 Å². The van der Waals surface area contributed by atoms with Gasteiger partial charge in [0.25, 0.3) is 5.91 Å². The molecule has 0 aromatic heterocycles. The van der Waals surface area contributed by atoms with Crippen molar-refractivity contribution in [1.29, 1.82) is 0 Å². The van der Waals surface area contributed by atoms with Crippen molar-refractivity contribution in [2.24, 2.45) is 0 Å². The minimum Gasteiger partial charge on any atom is -0.484 e. The van der Waals surface area contributed by atoms with Crippen molar-refractivity contribution >= 4 is 40.9 Å². The van der Waals surface area contributed by atoms with E-state index in [0.717, 1.165) is 22.6 Å². The van der Waals surface area contributed by atoms with Gasteiger partial charge in [0, 0.05) is 18.1 Å². The van der Waals surface area contributed by atoms with E-state index in [-0.39, 0.29) is 12.5 Å². The van der Waals surface area contributed by atoms with Crippen molar-refractivity contribution in [2.75, 3.05) is 18.9 Å². The van der Waals surface area contributed by atoms with Gasteiger partial charge in [-0.3, -0.25) is 4.79 Å². The molecule has 1 N–H and O–H groups in total. The minimum atomic E-state index is -0.117. The van der Waals surface area contributed by atoms with E-state index in [2.05, 4.69) is 5.32 Å². The molecule has 0 heterocycles. The fraction of sp³-hybridized carbons (Fsp3) is 0.316. The van der Waals surface area contributed by atoms with Gasteiger partial charge in [0.1, 0.15) is 5.75 Å². The SMILES string of the molecule is Cc1ccc(OCC(=O)NCCSCc2ccc(Cl)c(Cl)c2)cc1C. The van der Waals surface area contributed by atoms with Gasteiger partial charge < -0.3 is 10.1 Å². The predicted molar refractivity (Wildman–Crippen MR) is 107 cm³/mol. The third-order valence-corrected chi connectivity index (χ3v) is 5.44. The Labute approximate surface area is 163 Å². The van der Waals surface area contributed by atoms with Gasteiger partial charge in [-0.25, -0.2) is 0 Å². The van der Waals surface area contributed by atoms with Gasteiger partial charge in [0.15, 0.2) is 6.61 Å². The maximum atomic E-state index is 11.8. The molecule has 0 aliphatic carbocycles. The molecule has 2 aromatic carbocycles. The lowest BCUT2D eigenvalue weighted by Gasteiger charge is -2.09. The molecule has 0 unspecified atom stereocenters. The summed E-state index contributed by atoms with van der Waals surface area (Å²) in [6.45, 7) is 4.69. The molecule has 0 saturated carbocycles. The van der Waals surface area contributed by atoms with E-state index in [0.29, 0.717) is 22.3 Å². The van der Waals surface area contributed by atoms with Gasteiger partial charge in [0.2, 0.25) is 0 Å². The number of carbonyl (C=O) groups excluding carboxylic acids is 1. The molecule has 0 spiro atoms. The third-order valence-electron chi connectivity index (χ3n) is 3.67. The summed E-state index contributed by atoms with van der Waals surface area (Å²) >= 11 is 13.6. The van der Waals surface area contributed by atoms with Crippen LogP contribution in [0.2, 0.25) is 10.0 Å². The van der Waals surface area contributed by atoms with Crippen LogP contribution >= 0.6 is 35.0 Å². The minimum absolute atomic E-state index is 0.0277. The summed E-state index contributed by atoms with van der Waals surface area (Å²) in [5.41, 5.74) is 3.47. The molecule has 2 rings (SSSR count). The Morgan fingerprint density at radius 1 is 1.08 bits per heavy atom. The number of carbonyl (C=O) groups is 1. The first-order valence-electron chi connectivity index (χ1n) is 7.94. The largest absolute Gasteiger partial charge is 0.484 e. The Morgan fingerprint density at radius 2 is 1.88 bits per heavy atom. The van der Waals surface area contributed by atoms with Gasteiger partial charge >= 0.3 is 0 Å². The average molecular weight is 398 g/mol. The van der Waals surface area contributed by atoms with Crippen LogP contribution in [0.25, 0.3) is 0 Å². The third kappa shape index (κ3) is 6.81. The predicted octanol–water partition coefficient (Wildman–Crippen LogP) is 5.04. The highest BCUT2D eigenvalue weighted by Crippen LogP contribution is 2.24. The van der Waals surface area contributed by atoms with Crippen LogP contribution in [-0.4, -0.2) is 24.8 Å². The van der Waals surface area contributed by atoms with E-state index in [1.165, 1.54) is 5.56 Å². The average Bonchev–Trinajstić information content (AvgIpc) is 2.58. The van der Waals surface area contributed by atoms with Crippen LogP contribution in [0, 0.1) is 13.8 Å². The highest BCUT2D eigenvalue weighted by molar-refractivity contribution is 7.98. The lowest BCUT2D eigenvalue weighted by Crippen LogP contribution is -2.30. The van der Waals surface area contributed by atoms with Crippen molar-refractivity contribution in [3.05, 3.63) is 63.1 Å². The Balaban J connectivity index is 1.61. The molecular weight excluding hydrogens is 377 g/mol. The molecular formula is C19H21Cl2NO2S. The summed E-state index contributed by atoms with van der Waals surface area (Å²) < 4.78 is 5.51. The molecule has 6 heteroatoms. The van der Waals surface area contributed by atoms with Gasteiger partial charge in [0.05, 0.1) is 10.0 Å². The zero-order valence-corrected chi connectivity index (χ0v) is 16.6. The molecule has 1 amide bonds. The highest BCUT2D eigenvalue weighted by atomic mass is 35.5. The number of hydrogen-bond acceptors (Lipinski definition) is 3. The van der Waals surface area contributed by atoms with E-state index in [4.69, 9.17) is 27.9 Å². The Kier molecular flexibility index (Phi) is 7.94. The Hall–Kier alpha value is -1.36. The Morgan fingerprint density at radius 3 is 2.60 bits per heavy atom. The lowest BCUT2D eigenvalue weighted by molar-refractivity contribution is -0.122. The van der Waals surface area contributed by atoms with E-state index < -0.39 is 0 Å². The van der Waals surface area contributed by atoms with Crippen LogP contribution in [0.15, 0.2) is 36.4 Å². The number of aryl methyl sites for hydroxylation is 2. The van der Waals surface area contributed by atoms with Crippen LogP contribution in [0.4, 0.5) is 0 Å². The first-order chi connectivity index (χ1) is 12.0. The van der Waals surface area contributed by atoms with E-state index >= 15 is 0 Å². The number of benzene rings is 2. The van der Waals surface area contributed by atoms with Gasteiger partial charge in [-0.1, -0.05) is 35.3 Å². The quantitative estimate of drug-likeness (QED) is 0.634. The lowest BCUT2D eigenvalue weighted by atomic mass is 10.1. The number of nitrogens with one attached hydrogen (secondary N) is 1. The number of rotatable bonds is 8. The molecule has 0 fully saturated rings. The maximum absolute atomic E-state index is 11.8. The summed E-state index contributed by atoms with van der Waals surface area (Å²) in [5.74, 6) is 2.24. The van der Waals surface area contributed by atoms with Crippen LogP contribution in [-0.2, 0) is 10.5 Å². The topological polar surface area (TPSA) is 38.3 Å². The summed E-state index contributed by atoms with van der Waals surface area (Å²) in [5, 5.41) is 3.98. The zero-order valence-electron chi connectivity index (χ0n) is 14.3. The molecule has 0 aliphatic heterocycles. The molecule has 25 heavy (non-hydrogen) atoms. The van der Waals surface area contributed by atoms with Crippen LogP contribution < -0.4 is 10.1 Å². The normalized spacial score (nSPS) is 10.6. The summed E-state index contributed by atoms with van der Waals surface area (Å²) in [6, 6.07) is 11.4. The van der Waals surface area contributed by atoms with Crippen LogP contribution in [0.5, 0.6) is 5.75 Å². The van der Waals surface area contributed by atoms with E-state index in [1.54, 1.807) is 17.8 Å². The second-order valence-corrected chi connectivity index (χ2v) is 7.61. The molecule has 0 saturated heterocycles. The molecule has 2 aromatic rings. The second-order valence-electron chi connectivity index (χ2n) is 5.69.